The lowest BCUT2D eigenvalue weighted by molar-refractivity contribution is -0.134. The molecule has 0 saturated heterocycles. The average Bonchev–Trinajstić information content (AvgIpc) is 2.37. The molecule has 100 valence electrons. The van der Waals surface area contributed by atoms with Crippen LogP contribution in [0.1, 0.15) is 38.7 Å². The zero-order valence-electron chi connectivity index (χ0n) is 11.4. The van der Waals surface area contributed by atoms with Gasteiger partial charge in [0.15, 0.2) is 0 Å². The van der Waals surface area contributed by atoms with Gasteiger partial charge in [-0.25, -0.2) is 0 Å². The molecular formula is C15H22ClNO. The number of nitrogens with zero attached hydrogens (tertiary/aromatic N) is 1. The van der Waals surface area contributed by atoms with Crippen molar-refractivity contribution in [2.75, 3.05) is 7.05 Å². The number of amides is 1. The van der Waals surface area contributed by atoms with Gasteiger partial charge in [-0.15, -0.1) is 0 Å². The number of carbonyl (C=O) groups is 1. The summed E-state index contributed by atoms with van der Waals surface area (Å²) in [5.74, 6) is 0.334. The van der Waals surface area contributed by atoms with Crippen molar-refractivity contribution in [3.05, 3.63) is 34.9 Å². The molecule has 1 atom stereocenters. The third kappa shape index (κ3) is 4.69. The van der Waals surface area contributed by atoms with Gasteiger partial charge in [0, 0.05) is 24.5 Å². The molecule has 0 saturated carbocycles. The van der Waals surface area contributed by atoms with Gasteiger partial charge < -0.3 is 4.90 Å². The van der Waals surface area contributed by atoms with Crippen LogP contribution in [0.2, 0.25) is 5.02 Å². The molecule has 0 fully saturated rings. The minimum Gasteiger partial charge on any atom is -0.341 e. The smallest absolute Gasteiger partial charge is 0.225 e. The number of hydrogen-bond acceptors (Lipinski definition) is 1. The predicted molar refractivity (Wildman–Crippen MR) is 76.6 cm³/mol. The Morgan fingerprint density at radius 2 is 1.94 bits per heavy atom. The van der Waals surface area contributed by atoms with E-state index in [2.05, 4.69) is 6.92 Å². The zero-order chi connectivity index (χ0) is 13.5. The fourth-order valence-electron chi connectivity index (χ4n) is 1.95. The molecule has 0 heterocycles. The molecule has 1 aromatic rings. The summed E-state index contributed by atoms with van der Waals surface area (Å²) in [7, 11) is 1.86. The molecule has 0 spiro atoms. The monoisotopic (exact) mass is 267 g/mol. The molecule has 0 unspecified atom stereocenters. The van der Waals surface area contributed by atoms with Gasteiger partial charge in [-0.3, -0.25) is 4.79 Å². The lowest BCUT2D eigenvalue weighted by Gasteiger charge is -2.21. The van der Waals surface area contributed by atoms with E-state index in [0.717, 1.165) is 29.8 Å². The van der Waals surface area contributed by atoms with E-state index in [4.69, 9.17) is 11.6 Å². The van der Waals surface area contributed by atoms with Gasteiger partial charge in [0.2, 0.25) is 5.91 Å². The maximum absolute atomic E-state index is 12.1. The fourth-order valence-corrected chi connectivity index (χ4v) is 2.08. The van der Waals surface area contributed by atoms with E-state index in [-0.39, 0.29) is 11.8 Å². The lowest BCUT2D eigenvalue weighted by Crippen LogP contribution is -2.31. The highest BCUT2D eigenvalue weighted by atomic mass is 35.5. The van der Waals surface area contributed by atoms with E-state index in [1.54, 1.807) is 4.90 Å². The van der Waals surface area contributed by atoms with Crippen LogP contribution in [-0.2, 0) is 11.3 Å². The van der Waals surface area contributed by atoms with Crippen LogP contribution in [-0.4, -0.2) is 17.9 Å². The predicted octanol–water partition coefficient (Wildman–Crippen LogP) is 4.12. The number of hydrogen-bond donors (Lipinski definition) is 0. The van der Waals surface area contributed by atoms with Crippen molar-refractivity contribution in [2.24, 2.45) is 5.92 Å². The summed E-state index contributed by atoms with van der Waals surface area (Å²) in [6.45, 7) is 4.80. The molecule has 0 bridgehead atoms. The van der Waals surface area contributed by atoms with Crippen LogP contribution in [0.4, 0.5) is 0 Å². The Labute approximate surface area is 115 Å². The number of rotatable bonds is 6. The molecule has 0 radical (unpaired) electrons. The molecule has 0 aliphatic rings. The van der Waals surface area contributed by atoms with Crippen molar-refractivity contribution in [3.8, 4) is 0 Å². The first-order valence-corrected chi connectivity index (χ1v) is 6.91. The van der Waals surface area contributed by atoms with Crippen molar-refractivity contribution < 1.29 is 4.79 Å². The van der Waals surface area contributed by atoms with Crippen molar-refractivity contribution in [3.63, 3.8) is 0 Å². The highest BCUT2D eigenvalue weighted by Crippen LogP contribution is 2.14. The van der Waals surface area contributed by atoms with Crippen LogP contribution in [0.3, 0.4) is 0 Å². The minimum atomic E-state index is 0.113. The van der Waals surface area contributed by atoms with Crippen LogP contribution < -0.4 is 0 Å². The summed E-state index contributed by atoms with van der Waals surface area (Å²) in [4.78, 5) is 13.9. The fraction of sp³-hybridized carbons (Fsp3) is 0.533. The largest absolute Gasteiger partial charge is 0.341 e. The highest BCUT2D eigenvalue weighted by Gasteiger charge is 2.16. The van der Waals surface area contributed by atoms with E-state index in [0.29, 0.717) is 6.54 Å². The van der Waals surface area contributed by atoms with E-state index in [1.807, 2.05) is 38.2 Å². The normalized spacial score (nSPS) is 12.2. The van der Waals surface area contributed by atoms with Crippen molar-refractivity contribution in [1.82, 2.24) is 4.90 Å². The van der Waals surface area contributed by atoms with E-state index >= 15 is 0 Å². The summed E-state index contributed by atoms with van der Waals surface area (Å²) < 4.78 is 0. The second-order valence-corrected chi connectivity index (χ2v) is 5.30. The number of unbranched alkanes of at least 4 members (excludes halogenated alkanes) is 1. The van der Waals surface area contributed by atoms with Gasteiger partial charge in [-0.2, -0.15) is 0 Å². The highest BCUT2D eigenvalue weighted by molar-refractivity contribution is 6.30. The maximum Gasteiger partial charge on any atom is 0.225 e. The van der Waals surface area contributed by atoms with Gasteiger partial charge in [-0.1, -0.05) is 50.4 Å². The number of carbonyl (C=O) groups excluding carboxylic acids is 1. The first kappa shape index (κ1) is 15.0. The molecule has 2 nitrogen and oxygen atoms in total. The summed E-state index contributed by atoms with van der Waals surface area (Å²) in [6.07, 6.45) is 3.22. The van der Waals surface area contributed by atoms with Crippen molar-refractivity contribution >= 4 is 17.5 Å². The summed E-state index contributed by atoms with van der Waals surface area (Å²) in [5, 5.41) is 0.726. The van der Waals surface area contributed by atoms with Crippen LogP contribution in [0.5, 0.6) is 0 Å². The van der Waals surface area contributed by atoms with Gasteiger partial charge >= 0.3 is 0 Å². The first-order valence-electron chi connectivity index (χ1n) is 6.54. The summed E-state index contributed by atoms with van der Waals surface area (Å²) in [5.41, 5.74) is 1.11. The second-order valence-electron chi connectivity index (χ2n) is 4.86. The summed E-state index contributed by atoms with van der Waals surface area (Å²) >= 11 is 5.84. The van der Waals surface area contributed by atoms with Gasteiger partial charge in [0.25, 0.3) is 0 Å². The molecule has 0 aliphatic carbocycles. The lowest BCUT2D eigenvalue weighted by atomic mass is 10.0. The molecule has 1 rings (SSSR count). The molecule has 1 aromatic carbocycles. The Balaban J connectivity index is 2.51. The Bertz CT molecular complexity index is 375. The topological polar surface area (TPSA) is 20.3 Å². The third-order valence-electron chi connectivity index (χ3n) is 3.12. The SMILES string of the molecule is CCCC[C@@H](C)C(=O)N(C)Cc1ccc(Cl)cc1. The molecule has 18 heavy (non-hydrogen) atoms. The number of halogens is 1. The molecule has 3 heteroatoms. The minimum absolute atomic E-state index is 0.113. The number of benzene rings is 1. The van der Waals surface area contributed by atoms with Crippen molar-refractivity contribution in [2.45, 2.75) is 39.7 Å². The van der Waals surface area contributed by atoms with E-state index < -0.39 is 0 Å². The van der Waals surface area contributed by atoms with Crippen molar-refractivity contribution in [1.29, 1.82) is 0 Å². The summed E-state index contributed by atoms with van der Waals surface area (Å²) in [6, 6.07) is 7.64. The third-order valence-corrected chi connectivity index (χ3v) is 3.37. The maximum atomic E-state index is 12.1. The standard InChI is InChI=1S/C15H22ClNO/c1-4-5-6-12(2)15(18)17(3)11-13-7-9-14(16)10-8-13/h7-10,12H,4-6,11H2,1-3H3/t12-/m1/s1. The molecule has 0 aliphatic heterocycles. The Morgan fingerprint density at radius 1 is 1.33 bits per heavy atom. The Hall–Kier alpha value is -1.02. The second kappa shape index (κ2) is 7.42. The van der Waals surface area contributed by atoms with Crippen LogP contribution in [0.15, 0.2) is 24.3 Å². The zero-order valence-corrected chi connectivity index (χ0v) is 12.2. The first-order chi connectivity index (χ1) is 8.54. The van der Waals surface area contributed by atoms with Gasteiger partial charge in [0.05, 0.1) is 0 Å². The Morgan fingerprint density at radius 3 is 2.50 bits per heavy atom. The van der Waals surface area contributed by atoms with Crippen LogP contribution >= 0.6 is 11.6 Å². The van der Waals surface area contributed by atoms with Gasteiger partial charge in [-0.05, 0) is 24.1 Å². The molecular weight excluding hydrogens is 246 g/mol. The molecule has 1 amide bonds. The molecule has 0 N–H and O–H groups in total. The Kier molecular flexibility index (Phi) is 6.20. The quantitative estimate of drug-likeness (QED) is 0.759. The van der Waals surface area contributed by atoms with Gasteiger partial charge in [0.1, 0.15) is 0 Å². The van der Waals surface area contributed by atoms with E-state index in [1.165, 1.54) is 0 Å². The van der Waals surface area contributed by atoms with Crippen LogP contribution in [0, 0.1) is 5.92 Å². The average molecular weight is 268 g/mol. The van der Waals surface area contributed by atoms with E-state index in [9.17, 15) is 4.79 Å². The van der Waals surface area contributed by atoms with Crippen LogP contribution in [0.25, 0.3) is 0 Å². The molecule has 0 aromatic heterocycles.